The molecule has 1 aromatic carbocycles. The highest BCUT2D eigenvalue weighted by Crippen LogP contribution is 2.38. The second-order valence-electron chi connectivity index (χ2n) is 5.40. The predicted molar refractivity (Wildman–Crippen MR) is 88.4 cm³/mol. The summed E-state index contributed by atoms with van der Waals surface area (Å²) in [7, 11) is 5.47. The number of hydrogen-bond donors (Lipinski definition) is 1. The average molecular weight is 303 g/mol. The van der Waals surface area contributed by atoms with Crippen molar-refractivity contribution in [2.45, 2.75) is 26.3 Å². The second-order valence-corrected chi connectivity index (χ2v) is 5.40. The van der Waals surface area contributed by atoms with E-state index in [1.54, 1.807) is 14.2 Å². The van der Waals surface area contributed by atoms with Crippen molar-refractivity contribution >= 4 is 0 Å². The van der Waals surface area contributed by atoms with Gasteiger partial charge in [0.05, 0.1) is 31.7 Å². The third kappa shape index (κ3) is 3.60. The number of H-pyrrole nitrogens is 1. The van der Waals surface area contributed by atoms with E-state index >= 15 is 0 Å². The fourth-order valence-corrected chi connectivity index (χ4v) is 2.54. The van der Waals surface area contributed by atoms with Crippen LogP contribution in [0.2, 0.25) is 0 Å². The number of rotatable bonds is 8. The topological polar surface area (TPSA) is 50.4 Å². The Labute approximate surface area is 132 Å². The standard InChI is InChI=1S/C17H25N3O2/c1-5-6-10-20(2)12-13-11-18-19-17(13)16-14(21-3)8-7-9-15(16)22-4/h7-9,11H,5-6,10,12H2,1-4H3,(H,18,19). The number of benzene rings is 1. The Morgan fingerprint density at radius 1 is 1.18 bits per heavy atom. The first-order chi connectivity index (χ1) is 10.7. The number of unbranched alkanes of at least 4 members (excludes halogenated alkanes) is 1. The SMILES string of the molecule is CCCCN(C)Cc1cn[nH]c1-c1c(OC)cccc1OC. The summed E-state index contributed by atoms with van der Waals surface area (Å²) in [5.74, 6) is 1.56. The number of hydrogen-bond acceptors (Lipinski definition) is 4. The van der Waals surface area contributed by atoms with Crippen LogP contribution in [0.15, 0.2) is 24.4 Å². The summed E-state index contributed by atoms with van der Waals surface area (Å²) < 4.78 is 11.0. The summed E-state index contributed by atoms with van der Waals surface area (Å²) in [6.07, 6.45) is 4.27. The molecule has 0 saturated carbocycles. The maximum atomic E-state index is 5.50. The van der Waals surface area contributed by atoms with Crippen molar-refractivity contribution in [3.05, 3.63) is 30.0 Å². The fraction of sp³-hybridized carbons (Fsp3) is 0.471. The van der Waals surface area contributed by atoms with Gasteiger partial charge in [-0.2, -0.15) is 5.10 Å². The number of nitrogens with one attached hydrogen (secondary N) is 1. The van der Waals surface area contributed by atoms with Gasteiger partial charge in [0.15, 0.2) is 0 Å². The smallest absolute Gasteiger partial charge is 0.131 e. The molecule has 2 aromatic rings. The van der Waals surface area contributed by atoms with Crippen molar-refractivity contribution in [2.75, 3.05) is 27.8 Å². The number of aromatic nitrogens is 2. The van der Waals surface area contributed by atoms with Crippen LogP contribution < -0.4 is 9.47 Å². The minimum absolute atomic E-state index is 0.779. The molecule has 0 aliphatic carbocycles. The fourth-order valence-electron chi connectivity index (χ4n) is 2.54. The molecule has 0 aliphatic rings. The molecule has 0 spiro atoms. The second kappa shape index (κ2) is 7.84. The Morgan fingerprint density at radius 2 is 1.86 bits per heavy atom. The van der Waals surface area contributed by atoms with E-state index in [2.05, 4.69) is 29.1 Å². The van der Waals surface area contributed by atoms with E-state index in [1.807, 2.05) is 24.4 Å². The molecule has 0 bridgehead atoms. The molecule has 0 fully saturated rings. The lowest BCUT2D eigenvalue weighted by molar-refractivity contribution is 0.321. The van der Waals surface area contributed by atoms with E-state index in [9.17, 15) is 0 Å². The number of aromatic amines is 1. The van der Waals surface area contributed by atoms with Crippen LogP contribution in [0.3, 0.4) is 0 Å². The maximum Gasteiger partial charge on any atom is 0.131 e. The number of nitrogens with zero attached hydrogens (tertiary/aromatic N) is 2. The zero-order valence-electron chi connectivity index (χ0n) is 13.8. The lowest BCUT2D eigenvalue weighted by atomic mass is 10.1. The highest BCUT2D eigenvalue weighted by molar-refractivity contribution is 5.76. The molecule has 0 radical (unpaired) electrons. The van der Waals surface area contributed by atoms with E-state index in [4.69, 9.17) is 9.47 Å². The van der Waals surface area contributed by atoms with Gasteiger partial charge in [-0.25, -0.2) is 0 Å². The molecule has 5 heteroatoms. The van der Waals surface area contributed by atoms with Gasteiger partial charge in [0.25, 0.3) is 0 Å². The highest BCUT2D eigenvalue weighted by Gasteiger charge is 2.18. The first-order valence-corrected chi connectivity index (χ1v) is 7.63. The molecule has 22 heavy (non-hydrogen) atoms. The van der Waals surface area contributed by atoms with Crippen molar-refractivity contribution in [1.82, 2.24) is 15.1 Å². The van der Waals surface area contributed by atoms with Gasteiger partial charge < -0.3 is 14.4 Å². The number of ether oxygens (including phenoxy) is 2. The van der Waals surface area contributed by atoms with Gasteiger partial charge in [-0.05, 0) is 32.1 Å². The molecule has 120 valence electrons. The van der Waals surface area contributed by atoms with Crippen molar-refractivity contribution in [3.63, 3.8) is 0 Å². The lowest BCUT2D eigenvalue weighted by Crippen LogP contribution is -2.19. The molecule has 0 aliphatic heterocycles. The summed E-state index contributed by atoms with van der Waals surface area (Å²) in [6.45, 7) is 4.12. The maximum absolute atomic E-state index is 5.50. The van der Waals surface area contributed by atoms with E-state index in [-0.39, 0.29) is 0 Å². The van der Waals surface area contributed by atoms with Crippen LogP contribution in [0.1, 0.15) is 25.3 Å². The highest BCUT2D eigenvalue weighted by atomic mass is 16.5. The van der Waals surface area contributed by atoms with Gasteiger partial charge in [-0.15, -0.1) is 0 Å². The van der Waals surface area contributed by atoms with Gasteiger partial charge in [-0.1, -0.05) is 19.4 Å². The van der Waals surface area contributed by atoms with E-state index < -0.39 is 0 Å². The largest absolute Gasteiger partial charge is 0.496 e. The third-order valence-electron chi connectivity index (χ3n) is 3.73. The van der Waals surface area contributed by atoms with E-state index in [0.29, 0.717) is 0 Å². The van der Waals surface area contributed by atoms with E-state index in [0.717, 1.165) is 41.4 Å². The zero-order chi connectivity index (χ0) is 15.9. The van der Waals surface area contributed by atoms with Crippen molar-refractivity contribution in [1.29, 1.82) is 0 Å². The average Bonchev–Trinajstić information content (AvgIpc) is 2.99. The Hall–Kier alpha value is -2.01. The first-order valence-electron chi connectivity index (χ1n) is 7.63. The summed E-state index contributed by atoms with van der Waals surface area (Å²) in [5.41, 5.74) is 3.02. The molecule has 2 rings (SSSR count). The normalized spacial score (nSPS) is 11.0. The predicted octanol–water partition coefficient (Wildman–Crippen LogP) is 3.33. The quantitative estimate of drug-likeness (QED) is 0.812. The Balaban J connectivity index is 2.33. The summed E-state index contributed by atoms with van der Waals surface area (Å²) in [5, 5.41) is 7.32. The third-order valence-corrected chi connectivity index (χ3v) is 3.73. The molecule has 0 amide bonds. The summed E-state index contributed by atoms with van der Waals surface area (Å²) in [6, 6.07) is 5.79. The van der Waals surface area contributed by atoms with Gasteiger partial charge >= 0.3 is 0 Å². The van der Waals surface area contributed by atoms with Crippen molar-refractivity contribution < 1.29 is 9.47 Å². The molecule has 5 nitrogen and oxygen atoms in total. The Morgan fingerprint density at radius 3 is 2.45 bits per heavy atom. The molecule has 0 unspecified atom stereocenters. The summed E-state index contributed by atoms with van der Waals surface area (Å²) >= 11 is 0. The zero-order valence-corrected chi connectivity index (χ0v) is 13.8. The van der Waals surface area contributed by atoms with Crippen LogP contribution in [0, 0.1) is 0 Å². The number of methoxy groups -OCH3 is 2. The lowest BCUT2D eigenvalue weighted by Gasteiger charge is -2.17. The molecular formula is C17H25N3O2. The molecule has 1 heterocycles. The van der Waals surface area contributed by atoms with Crippen LogP contribution in [-0.4, -0.2) is 42.9 Å². The Kier molecular flexibility index (Phi) is 5.83. The molecular weight excluding hydrogens is 278 g/mol. The van der Waals surface area contributed by atoms with Crippen molar-refractivity contribution in [3.8, 4) is 22.8 Å². The van der Waals surface area contributed by atoms with Crippen molar-refractivity contribution in [2.24, 2.45) is 0 Å². The minimum Gasteiger partial charge on any atom is -0.496 e. The van der Waals surface area contributed by atoms with Gasteiger partial charge in [0, 0.05) is 12.1 Å². The minimum atomic E-state index is 0.779. The molecule has 1 N–H and O–H groups in total. The van der Waals surface area contributed by atoms with Crippen LogP contribution in [0.4, 0.5) is 0 Å². The van der Waals surface area contributed by atoms with Crippen LogP contribution in [-0.2, 0) is 6.54 Å². The van der Waals surface area contributed by atoms with Gasteiger partial charge in [0.2, 0.25) is 0 Å². The van der Waals surface area contributed by atoms with Gasteiger partial charge in [-0.3, -0.25) is 5.10 Å². The van der Waals surface area contributed by atoms with Crippen LogP contribution in [0.5, 0.6) is 11.5 Å². The summed E-state index contributed by atoms with van der Waals surface area (Å²) in [4.78, 5) is 2.31. The molecule has 1 aromatic heterocycles. The van der Waals surface area contributed by atoms with Crippen LogP contribution >= 0.6 is 0 Å². The molecule has 0 atom stereocenters. The van der Waals surface area contributed by atoms with E-state index in [1.165, 1.54) is 12.8 Å². The van der Waals surface area contributed by atoms with Crippen LogP contribution in [0.25, 0.3) is 11.3 Å². The first kappa shape index (κ1) is 16.4. The Bertz CT molecular complexity index is 573. The van der Waals surface area contributed by atoms with Gasteiger partial charge in [0.1, 0.15) is 11.5 Å². The molecule has 0 saturated heterocycles. The monoisotopic (exact) mass is 303 g/mol.